The van der Waals surface area contributed by atoms with Crippen LogP contribution in [0, 0.1) is 0 Å². The molecule has 0 bridgehead atoms. The number of carbonyl (C=O) groups is 1. The normalized spacial score (nSPS) is 11.5. The molecule has 0 fully saturated rings. The molecule has 0 aromatic carbocycles. The van der Waals surface area contributed by atoms with Gasteiger partial charge in [0.2, 0.25) is 0 Å². The molecule has 1 rings (SSSR count). The van der Waals surface area contributed by atoms with Crippen molar-refractivity contribution in [2.24, 2.45) is 0 Å². The zero-order chi connectivity index (χ0) is 10.9. The van der Waals surface area contributed by atoms with Crippen LogP contribution in [-0.4, -0.2) is 11.6 Å². The van der Waals surface area contributed by atoms with Gasteiger partial charge < -0.3 is 4.74 Å². The summed E-state index contributed by atoms with van der Waals surface area (Å²) >= 11 is 8.08. The van der Waals surface area contributed by atoms with Crippen molar-refractivity contribution in [2.45, 2.75) is 26.4 Å². The molecule has 0 saturated carbocycles. The summed E-state index contributed by atoms with van der Waals surface area (Å²) in [6.07, 6.45) is 0. The Hall–Kier alpha value is 0.130. The first-order valence-corrected chi connectivity index (χ1v) is 6.38. The Balaban J connectivity index is 2.85. The van der Waals surface area contributed by atoms with E-state index in [9.17, 15) is 4.79 Å². The van der Waals surface area contributed by atoms with E-state index < -0.39 is 5.60 Å². The molecule has 1 aromatic heterocycles. The van der Waals surface area contributed by atoms with Crippen LogP contribution in [0.4, 0.5) is 0 Å². The lowest BCUT2D eigenvalue weighted by Gasteiger charge is -2.19. The number of hydrogen-bond acceptors (Lipinski definition) is 3. The van der Waals surface area contributed by atoms with Gasteiger partial charge in [0.25, 0.3) is 0 Å². The topological polar surface area (TPSA) is 26.3 Å². The fourth-order valence-electron chi connectivity index (χ4n) is 0.813. The minimum atomic E-state index is -0.453. The molecular formula is C9H10Br2O2S. The molecule has 0 aliphatic rings. The number of rotatable bonds is 1. The predicted octanol–water partition coefficient (Wildman–Crippen LogP) is 4.23. The van der Waals surface area contributed by atoms with E-state index >= 15 is 0 Å². The largest absolute Gasteiger partial charge is 0.456 e. The summed E-state index contributed by atoms with van der Waals surface area (Å²) < 4.78 is 6.93. The number of carbonyl (C=O) groups excluding carboxylic acids is 1. The summed E-state index contributed by atoms with van der Waals surface area (Å²) in [7, 11) is 0. The minimum Gasteiger partial charge on any atom is -0.456 e. The lowest BCUT2D eigenvalue weighted by molar-refractivity contribution is 0.00692. The molecule has 1 aromatic rings. The number of halogens is 2. The van der Waals surface area contributed by atoms with Crippen molar-refractivity contribution in [3.63, 3.8) is 0 Å². The van der Waals surface area contributed by atoms with Crippen molar-refractivity contribution in [1.82, 2.24) is 0 Å². The van der Waals surface area contributed by atoms with Crippen molar-refractivity contribution in [3.8, 4) is 0 Å². The monoisotopic (exact) mass is 340 g/mol. The van der Waals surface area contributed by atoms with Crippen LogP contribution in [0.25, 0.3) is 0 Å². The van der Waals surface area contributed by atoms with Gasteiger partial charge in [0.15, 0.2) is 0 Å². The van der Waals surface area contributed by atoms with Crippen LogP contribution < -0.4 is 0 Å². The maximum atomic E-state index is 11.6. The first-order chi connectivity index (χ1) is 6.29. The van der Waals surface area contributed by atoms with Crippen LogP contribution >= 0.6 is 43.2 Å². The maximum absolute atomic E-state index is 11.6. The molecule has 5 heteroatoms. The second kappa shape index (κ2) is 4.33. The molecule has 0 radical (unpaired) electrons. The average molecular weight is 342 g/mol. The fourth-order valence-corrected chi connectivity index (χ4v) is 3.58. The van der Waals surface area contributed by atoms with E-state index in [1.165, 1.54) is 11.3 Å². The van der Waals surface area contributed by atoms with Gasteiger partial charge in [0, 0.05) is 0 Å². The van der Waals surface area contributed by atoms with Crippen LogP contribution in [0.1, 0.15) is 31.1 Å². The number of esters is 1. The Bertz CT molecular complexity index is 352. The first-order valence-electron chi connectivity index (χ1n) is 3.98. The molecule has 1 heterocycles. The molecule has 14 heavy (non-hydrogen) atoms. The summed E-state index contributed by atoms with van der Waals surface area (Å²) in [4.78, 5) is 11.6. The molecule has 0 N–H and O–H groups in total. The molecule has 0 saturated heterocycles. The van der Waals surface area contributed by atoms with E-state index in [1.807, 2.05) is 20.8 Å². The molecule has 0 spiro atoms. The Morgan fingerprint density at radius 2 is 2.00 bits per heavy atom. The minimum absolute atomic E-state index is 0.300. The van der Waals surface area contributed by atoms with Crippen molar-refractivity contribution in [3.05, 3.63) is 19.2 Å². The van der Waals surface area contributed by atoms with Gasteiger partial charge in [-0.3, -0.25) is 0 Å². The van der Waals surface area contributed by atoms with E-state index in [0.717, 1.165) is 7.57 Å². The molecule has 78 valence electrons. The van der Waals surface area contributed by atoms with E-state index in [0.29, 0.717) is 5.56 Å². The third kappa shape index (κ3) is 3.37. The third-order valence-corrected chi connectivity index (χ3v) is 3.61. The van der Waals surface area contributed by atoms with Gasteiger partial charge in [0.1, 0.15) is 5.60 Å². The SMILES string of the molecule is CC(C)(C)OC(=O)c1cc(Br)sc1Br. The van der Waals surface area contributed by atoms with Crippen molar-refractivity contribution in [1.29, 1.82) is 0 Å². The average Bonchev–Trinajstić information content (AvgIpc) is 2.26. The third-order valence-electron chi connectivity index (χ3n) is 1.28. The highest BCUT2D eigenvalue weighted by Crippen LogP contribution is 2.32. The van der Waals surface area contributed by atoms with Gasteiger partial charge in [-0.25, -0.2) is 4.79 Å². The maximum Gasteiger partial charge on any atom is 0.340 e. The van der Waals surface area contributed by atoms with E-state index in [2.05, 4.69) is 31.9 Å². The van der Waals surface area contributed by atoms with Crippen molar-refractivity contribution >= 4 is 49.2 Å². The predicted molar refractivity (Wildman–Crippen MR) is 64.9 cm³/mol. The number of ether oxygens (including phenoxy) is 1. The molecular weight excluding hydrogens is 332 g/mol. The smallest absolute Gasteiger partial charge is 0.340 e. The second-order valence-corrected chi connectivity index (χ2v) is 7.49. The lowest BCUT2D eigenvalue weighted by Crippen LogP contribution is -2.23. The van der Waals surface area contributed by atoms with E-state index in [1.54, 1.807) is 6.07 Å². The molecule has 2 nitrogen and oxygen atoms in total. The summed E-state index contributed by atoms with van der Waals surface area (Å²) in [5.74, 6) is -0.300. The molecule has 0 amide bonds. The lowest BCUT2D eigenvalue weighted by atomic mass is 10.2. The van der Waals surface area contributed by atoms with Crippen LogP contribution in [0.15, 0.2) is 13.6 Å². The van der Waals surface area contributed by atoms with E-state index in [-0.39, 0.29) is 5.97 Å². The van der Waals surface area contributed by atoms with Gasteiger partial charge in [-0.05, 0) is 58.7 Å². The van der Waals surface area contributed by atoms with Crippen molar-refractivity contribution < 1.29 is 9.53 Å². The Morgan fingerprint density at radius 3 is 2.36 bits per heavy atom. The zero-order valence-electron chi connectivity index (χ0n) is 8.06. The molecule has 0 unspecified atom stereocenters. The highest BCUT2D eigenvalue weighted by molar-refractivity contribution is 9.12. The number of hydrogen-bond donors (Lipinski definition) is 0. The second-order valence-electron chi connectivity index (χ2n) is 3.74. The van der Waals surface area contributed by atoms with Crippen molar-refractivity contribution in [2.75, 3.05) is 0 Å². The number of thiophene rings is 1. The Labute approximate surface area is 104 Å². The highest BCUT2D eigenvalue weighted by atomic mass is 79.9. The summed E-state index contributed by atoms with van der Waals surface area (Å²) in [6, 6.07) is 1.75. The highest BCUT2D eigenvalue weighted by Gasteiger charge is 2.21. The van der Waals surface area contributed by atoms with Crippen LogP contribution in [-0.2, 0) is 4.74 Å². The van der Waals surface area contributed by atoms with Crippen LogP contribution in [0.2, 0.25) is 0 Å². The van der Waals surface area contributed by atoms with Crippen LogP contribution in [0.5, 0.6) is 0 Å². The summed E-state index contributed by atoms with van der Waals surface area (Å²) in [5.41, 5.74) is 0.113. The fraction of sp³-hybridized carbons (Fsp3) is 0.444. The summed E-state index contributed by atoms with van der Waals surface area (Å²) in [6.45, 7) is 5.54. The quantitative estimate of drug-likeness (QED) is 0.714. The van der Waals surface area contributed by atoms with E-state index in [4.69, 9.17) is 4.74 Å². The Morgan fingerprint density at radius 1 is 1.43 bits per heavy atom. The van der Waals surface area contributed by atoms with Gasteiger partial charge in [-0.1, -0.05) is 0 Å². The van der Waals surface area contributed by atoms with Gasteiger partial charge in [-0.2, -0.15) is 0 Å². The van der Waals surface area contributed by atoms with Crippen LogP contribution in [0.3, 0.4) is 0 Å². The zero-order valence-corrected chi connectivity index (χ0v) is 12.0. The van der Waals surface area contributed by atoms with Gasteiger partial charge >= 0.3 is 5.97 Å². The van der Waals surface area contributed by atoms with Gasteiger partial charge in [-0.15, -0.1) is 11.3 Å². The first kappa shape index (κ1) is 12.2. The molecule has 0 aliphatic heterocycles. The Kier molecular flexibility index (Phi) is 3.77. The van der Waals surface area contributed by atoms with Gasteiger partial charge in [0.05, 0.1) is 13.1 Å². The molecule has 0 atom stereocenters. The summed E-state index contributed by atoms with van der Waals surface area (Å²) in [5, 5.41) is 0. The molecule has 0 aliphatic carbocycles. The standard InChI is InChI=1S/C9H10Br2O2S/c1-9(2,3)13-8(12)5-4-6(10)14-7(5)11/h4H,1-3H3.